The first kappa shape index (κ1) is 14.5. The lowest BCUT2D eigenvalue weighted by atomic mass is 10.1. The standard InChI is InChI=1S/C17H17N3OS/c1-4-9-18-16-15-14(10-22-17(15)20-11(2)19-16)12-5-7-13(21-3)8-6-12/h4-8,10H,1,9H2,2-3H3,(H,18,19,20). The Morgan fingerprint density at radius 2 is 2.05 bits per heavy atom. The number of hydrogen-bond donors (Lipinski definition) is 1. The third-order valence-corrected chi connectivity index (χ3v) is 4.23. The Morgan fingerprint density at radius 3 is 2.73 bits per heavy atom. The summed E-state index contributed by atoms with van der Waals surface area (Å²) >= 11 is 1.63. The van der Waals surface area contributed by atoms with Crippen molar-refractivity contribution in [3.63, 3.8) is 0 Å². The first-order chi connectivity index (χ1) is 10.7. The topological polar surface area (TPSA) is 47.0 Å². The van der Waals surface area contributed by atoms with E-state index >= 15 is 0 Å². The summed E-state index contributed by atoms with van der Waals surface area (Å²) in [7, 11) is 1.67. The van der Waals surface area contributed by atoms with Gasteiger partial charge in [0.25, 0.3) is 0 Å². The van der Waals surface area contributed by atoms with Crippen LogP contribution >= 0.6 is 11.3 Å². The van der Waals surface area contributed by atoms with Crippen LogP contribution in [0.25, 0.3) is 21.3 Å². The van der Waals surface area contributed by atoms with Crippen LogP contribution in [0.4, 0.5) is 5.82 Å². The lowest BCUT2D eigenvalue weighted by molar-refractivity contribution is 0.415. The van der Waals surface area contributed by atoms with E-state index in [9.17, 15) is 0 Å². The molecule has 0 atom stereocenters. The molecule has 22 heavy (non-hydrogen) atoms. The molecule has 0 aliphatic rings. The van der Waals surface area contributed by atoms with Gasteiger partial charge in [0.15, 0.2) is 0 Å². The van der Waals surface area contributed by atoms with Crippen molar-refractivity contribution in [2.75, 3.05) is 19.0 Å². The van der Waals surface area contributed by atoms with Crippen molar-refractivity contribution < 1.29 is 4.74 Å². The van der Waals surface area contributed by atoms with Gasteiger partial charge in [-0.2, -0.15) is 0 Å². The van der Waals surface area contributed by atoms with E-state index in [0.29, 0.717) is 6.54 Å². The Labute approximate surface area is 133 Å². The molecule has 0 amide bonds. The van der Waals surface area contributed by atoms with Gasteiger partial charge in [0.05, 0.1) is 12.5 Å². The highest BCUT2D eigenvalue weighted by atomic mass is 32.1. The zero-order valence-corrected chi connectivity index (χ0v) is 13.4. The Balaban J connectivity index is 2.14. The molecule has 0 fully saturated rings. The zero-order valence-electron chi connectivity index (χ0n) is 12.6. The number of methoxy groups -OCH3 is 1. The molecule has 4 nitrogen and oxygen atoms in total. The van der Waals surface area contributed by atoms with E-state index in [0.717, 1.165) is 38.7 Å². The molecule has 1 aromatic carbocycles. The molecule has 0 aliphatic carbocycles. The predicted octanol–water partition coefficient (Wildman–Crippen LogP) is 4.27. The predicted molar refractivity (Wildman–Crippen MR) is 92.8 cm³/mol. The number of hydrogen-bond acceptors (Lipinski definition) is 5. The molecule has 112 valence electrons. The van der Waals surface area contributed by atoms with E-state index in [1.807, 2.05) is 25.1 Å². The number of ether oxygens (including phenoxy) is 1. The Bertz CT molecular complexity index is 809. The summed E-state index contributed by atoms with van der Waals surface area (Å²) in [5.74, 6) is 2.47. The highest BCUT2D eigenvalue weighted by molar-refractivity contribution is 7.17. The van der Waals surface area contributed by atoms with Crippen LogP contribution in [0.2, 0.25) is 0 Å². The molecule has 2 aromatic heterocycles. The summed E-state index contributed by atoms with van der Waals surface area (Å²) < 4.78 is 5.22. The van der Waals surface area contributed by atoms with Gasteiger partial charge in [-0.3, -0.25) is 0 Å². The Hall–Kier alpha value is -2.40. The number of thiophene rings is 1. The fourth-order valence-electron chi connectivity index (χ4n) is 2.33. The maximum Gasteiger partial charge on any atom is 0.139 e. The van der Waals surface area contributed by atoms with Gasteiger partial charge in [0, 0.05) is 17.5 Å². The van der Waals surface area contributed by atoms with Crippen LogP contribution in [-0.4, -0.2) is 23.6 Å². The first-order valence-electron chi connectivity index (χ1n) is 6.98. The van der Waals surface area contributed by atoms with E-state index in [-0.39, 0.29) is 0 Å². The number of nitrogens with one attached hydrogen (secondary N) is 1. The monoisotopic (exact) mass is 311 g/mol. The van der Waals surface area contributed by atoms with Gasteiger partial charge >= 0.3 is 0 Å². The van der Waals surface area contributed by atoms with Crippen molar-refractivity contribution in [1.82, 2.24) is 9.97 Å². The minimum atomic E-state index is 0.670. The number of aryl methyl sites for hydroxylation is 1. The lowest BCUT2D eigenvalue weighted by Gasteiger charge is -2.08. The third kappa shape index (κ3) is 2.67. The maximum atomic E-state index is 5.22. The normalized spacial score (nSPS) is 10.6. The molecule has 5 heteroatoms. The SMILES string of the molecule is C=CCNc1nc(C)nc2scc(-c3ccc(OC)cc3)c12. The van der Waals surface area contributed by atoms with Gasteiger partial charge in [0.1, 0.15) is 22.2 Å². The summed E-state index contributed by atoms with van der Waals surface area (Å²) in [4.78, 5) is 10.1. The molecule has 0 saturated carbocycles. The average Bonchev–Trinajstić information content (AvgIpc) is 2.96. The second-order valence-electron chi connectivity index (χ2n) is 4.85. The number of fused-ring (bicyclic) bond motifs is 1. The number of aromatic nitrogens is 2. The van der Waals surface area contributed by atoms with Gasteiger partial charge < -0.3 is 10.1 Å². The van der Waals surface area contributed by atoms with Crippen LogP contribution in [0.1, 0.15) is 5.82 Å². The van der Waals surface area contributed by atoms with Crippen LogP contribution in [0.15, 0.2) is 42.3 Å². The van der Waals surface area contributed by atoms with Gasteiger partial charge in [0.2, 0.25) is 0 Å². The van der Waals surface area contributed by atoms with Crippen LogP contribution in [-0.2, 0) is 0 Å². The summed E-state index contributed by atoms with van der Waals surface area (Å²) in [5.41, 5.74) is 2.26. The van der Waals surface area contributed by atoms with Crippen molar-refractivity contribution in [2.45, 2.75) is 6.92 Å². The molecule has 2 heterocycles. The van der Waals surface area contributed by atoms with Gasteiger partial charge in [-0.1, -0.05) is 18.2 Å². The molecule has 0 aliphatic heterocycles. The highest BCUT2D eigenvalue weighted by Crippen LogP contribution is 2.37. The second kappa shape index (κ2) is 6.15. The first-order valence-corrected chi connectivity index (χ1v) is 7.86. The quantitative estimate of drug-likeness (QED) is 0.715. The summed E-state index contributed by atoms with van der Waals surface area (Å²) in [6, 6.07) is 8.03. The molecule has 3 aromatic rings. The van der Waals surface area contributed by atoms with E-state index in [1.165, 1.54) is 0 Å². The smallest absolute Gasteiger partial charge is 0.139 e. The molecule has 3 rings (SSSR count). The minimum absolute atomic E-state index is 0.670. The fraction of sp³-hybridized carbons (Fsp3) is 0.176. The van der Waals surface area contributed by atoms with E-state index in [2.05, 4.69) is 39.4 Å². The van der Waals surface area contributed by atoms with E-state index < -0.39 is 0 Å². The number of anilines is 1. The van der Waals surface area contributed by atoms with Gasteiger partial charge in [-0.05, 0) is 24.6 Å². The largest absolute Gasteiger partial charge is 0.497 e. The molecule has 0 spiro atoms. The highest BCUT2D eigenvalue weighted by Gasteiger charge is 2.14. The number of nitrogens with zero attached hydrogens (tertiary/aromatic N) is 2. The number of rotatable bonds is 5. The summed E-state index contributed by atoms with van der Waals surface area (Å²) in [5, 5.41) is 6.49. The molecule has 0 radical (unpaired) electrons. The van der Waals surface area contributed by atoms with Crippen molar-refractivity contribution in [3.8, 4) is 16.9 Å². The van der Waals surface area contributed by atoms with E-state index in [1.54, 1.807) is 18.4 Å². The molecule has 1 N–H and O–H groups in total. The maximum absolute atomic E-state index is 5.22. The minimum Gasteiger partial charge on any atom is -0.497 e. The second-order valence-corrected chi connectivity index (χ2v) is 5.71. The molecule has 0 bridgehead atoms. The molecule has 0 unspecified atom stereocenters. The molecular weight excluding hydrogens is 294 g/mol. The molecule has 0 saturated heterocycles. The number of benzene rings is 1. The van der Waals surface area contributed by atoms with Crippen LogP contribution < -0.4 is 10.1 Å². The lowest BCUT2D eigenvalue weighted by Crippen LogP contribution is -2.03. The Kier molecular flexibility index (Phi) is 4.06. The van der Waals surface area contributed by atoms with Crippen molar-refractivity contribution in [1.29, 1.82) is 0 Å². The van der Waals surface area contributed by atoms with Crippen LogP contribution in [0, 0.1) is 6.92 Å². The van der Waals surface area contributed by atoms with Crippen LogP contribution in [0.3, 0.4) is 0 Å². The van der Waals surface area contributed by atoms with Gasteiger partial charge in [-0.15, -0.1) is 17.9 Å². The summed E-state index contributed by atoms with van der Waals surface area (Å²) in [6.07, 6.45) is 1.82. The van der Waals surface area contributed by atoms with Crippen molar-refractivity contribution in [3.05, 3.63) is 48.1 Å². The van der Waals surface area contributed by atoms with Gasteiger partial charge in [-0.25, -0.2) is 9.97 Å². The van der Waals surface area contributed by atoms with Crippen molar-refractivity contribution in [2.24, 2.45) is 0 Å². The summed E-state index contributed by atoms with van der Waals surface area (Å²) in [6.45, 7) is 6.33. The molecular formula is C17H17N3OS. The van der Waals surface area contributed by atoms with E-state index in [4.69, 9.17) is 4.74 Å². The fourth-order valence-corrected chi connectivity index (χ4v) is 3.32. The average molecular weight is 311 g/mol. The third-order valence-electron chi connectivity index (χ3n) is 3.36. The van der Waals surface area contributed by atoms with Crippen LogP contribution in [0.5, 0.6) is 5.75 Å². The van der Waals surface area contributed by atoms with Crippen molar-refractivity contribution >= 4 is 27.4 Å². The Morgan fingerprint density at radius 1 is 1.27 bits per heavy atom. The zero-order chi connectivity index (χ0) is 15.5.